The maximum absolute atomic E-state index is 10.1. The zero-order valence-electron chi connectivity index (χ0n) is 21.0. The number of aliphatic imine (C=N–C) groups is 2. The largest absolute Gasteiger partial charge is 0.507 e. The smallest absolute Gasteiger partial charge is 0.503 e. The molecule has 0 bridgehead atoms. The molecule has 0 aliphatic heterocycles. The molecule has 7 nitrogen and oxygen atoms in total. The first-order valence-electron chi connectivity index (χ1n) is 12.4. The van der Waals surface area contributed by atoms with Crippen LogP contribution >= 0.6 is 0 Å². The number of nitrogens with zero attached hydrogens (tertiary/aromatic N) is 2. The third-order valence-corrected chi connectivity index (χ3v) is 6.48. The Hall–Kier alpha value is -2.84. The van der Waals surface area contributed by atoms with Gasteiger partial charge in [-0.25, -0.2) is 4.79 Å². The van der Waals surface area contributed by atoms with Gasteiger partial charge in [0.05, 0.1) is 12.1 Å². The summed E-state index contributed by atoms with van der Waals surface area (Å²) < 4.78 is 0. The molecule has 4 N–H and O–H groups in total. The van der Waals surface area contributed by atoms with Gasteiger partial charge in [0.2, 0.25) is 0 Å². The van der Waals surface area contributed by atoms with Crippen LogP contribution < -0.4 is 0 Å². The SMILES string of the molecule is C.CCCCCC1(CCCCC)C(N=Cc2ccccc2O)C1N=Cc1ccccc1O.O=C(O)O.[Co]. The van der Waals surface area contributed by atoms with Gasteiger partial charge in [-0.3, -0.25) is 9.98 Å². The molecule has 0 saturated heterocycles. The summed E-state index contributed by atoms with van der Waals surface area (Å²) in [5, 5.41) is 34.2. The number of hydrogen-bond acceptors (Lipinski definition) is 5. The average Bonchev–Trinajstić information content (AvgIpc) is 3.42. The van der Waals surface area contributed by atoms with Crippen molar-refractivity contribution in [2.24, 2.45) is 15.4 Å². The number of phenolic OH excluding ortho intramolecular Hbond substituents is 2. The summed E-state index contributed by atoms with van der Waals surface area (Å²) in [6, 6.07) is 14.9. The number of para-hydroxylation sites is 2. The average molecular weight is 558 g/mol. The summed E-state index contributed by atoms with van der Waals surface area (Å²) in [6.45, 7) is 4.47. The van der Waals surface area contributed by atoms with Gasteiger partial charge in [-0.2, -0.15) is 0 Å². The van der Waals surface area contributed by atoms with Crippen molar-refractivity contribution in [3.8, 4) is 11.5 Å². The molecule has 2 unspecified atom stereocenters. The summed E-state index contributed by atoms with van der Waals surface area (Å²) in [6.07, 6.45) is 11.2. The summed E-state index contributed by atoms with van der Waals surface area (Å²) in [7, 11) is 0. The number of aromatic hydroxyl groups is 2. The Bertz CT molecular complexity index is 918. The van der Waals surface area contributed by atoms with Crippen LogP contribution in [0.4, 0.5) is 4.79 Å². The van der Waals surface area contributed by atoms with E-state index < -0.39 is 6.16 Å². The van der Waals surface area contributed by atoms with E-state index in [4.69, 9.17) is 25.0 Å². The first kappa shape index (κ1) is 34.2. The summed E-state index contributed by atoms with van der Waals surface area (Å²) in [5.74, 6) is 0.507. The molecule has 1 aliphatic carbocycles. The Kier molecular flexibility index (Phi) is 16.2. The van der Waals surface area contributed by atoms with Crippen LogP contribution in [0, 0.1) is 5.41 Å². The molecule has 8 heteroatoms. The monoisotopic (exact) mass is 557 g/mol. The molecule has 2 aromatic rings. The Morgan fingerprint density at radius 2 is 1.14 bits per heavy atom. The van der Waals surface area contributed by atoms with Crippen LogP contribution in [0.2, 0.25) is 0 Å². The van der Waals surface area contributed by atoms with Crippen molar-refractivity contribution < 1.29 is 42.0 Å². The van der Waals surface area contributed by atoms with E-state index in [1.807, 2.05) is 48.8 Å². The molecule has 3 rings (SSSR count). The minimum absolute atomic E-state index is 0. The zero-order chi connectivity index (χ0) is 25.7. The zero-order valence-corrected chi connectivity index (χ0v) is 22.1. The van der Waals surface area contributed by atoms with Gasteiger partial charge in [0.15, 0.2) is 0 Å². The second-order valence-electron chi connectivity index (χ2n) is 8.99. The standard InChI is InChI=1S/C27H36N2O2.CH2O3.CH4.Co/c1-3-5-11-17-27(18-12-6-4-2)25(28-19-21-13-7-9-15-23(21)30)26(27)29-20-22-14-8-10-16-24(22)31;2-1(3)4;;/h7-10,13-16,19-20,25-26,30-31H,3-6,11-12,17-18H2,1-2H3;(H2,2,3,4);1H4;. The second-order valence-corrected chi connectivity index (χ2v) is 8.99. The minimum Gasteiger partial charge on any atom is -0.507 e. The number of hydrogen-bond donors (Lipinski definition) is 4. The van der Waals surface area contributed by atoms with Crippen LogP contribution in [-0.2, 0) is 16.8 Å². The normalized spacial score (nSPS) is 17.4. The van der Waals surface area contributed by atoms with Crippen LogP contribution in [0.25, 0.3) is 0 Å². The van der Waals surface area contributed by atoms with Crippen LogP contribution in [0.5, 0.6) is 11.5 Å². The van der Waals surface area contributed by atoms with Crippen molar-refractivity contribution in [3.05, 3.63) is 59.7 Å². The first-order valence-corrected chi connectivity index (χ1v) is 12.4. The van der Waals surface area contributed by atoms with Gasteiger partial charge in [-0.05, 0) is 37.1 Å². The molecule has 1 radical (unpaired) electrons. The summed E-state index contributed by atoms with van der Waals surface area (Å²) >= 11 is 0. The molecule has 207 valence electrons. The van der Waals surface area contributed by atoms with E-state index in [1.165, 1.54) is 38.5 Å². The van der Waals surface area contributed by atoms with Gasteiger partial charge >= 0.3 is 6.16 Å². The predicted molar refractivity (Wildman–Crippen MR) is 147 cm³/mol. The molecule has 0 aromatic heterocycles. The van der Waals surface area contributed by atoms with E-state index >= 15 is 0 Å². The van der Waals surface area contributed by atoms with Gasteiger partial charge in [0, 0.05) is 45.7 Å². The second kappa shape index (κ2) is 17.6. The third-order valence-electron chi connectivity index (χ3n) is 6.48. The molecule has 1 aliphatic rings. The van der Waals surface area contributed by atoms with Gasteiger partial charge in [0.25, 0.3) is 0 Å². The summed E-state index contributed by atoms with van der Waals surface area (Å²) in [4.78, 5) is 18.4. The topological polar surface area (TPSA) is 123 Å². The van der Waals surface area contributed by atoms with Crippen molar-refractivity contribution in [2.45, 2.75) is 84.7 Å². The van der Waals surface area contributed by atoms with Crippen LogP contribution in [0.1, 0.15) is 83.8 Å². The number of carboxylic acid groups (broad SMARTS) is 2. The third kappa shape index (κ3) is 10.6. The molecular weight excluding hydrogens is 515 g/mol. The van der Waals surface area contributed by atoms with Crippen molar-refractivity contribution in [2.75, 3.05) is 0 Å². The Morgan fingerprint density at radius 1 is 0.784 bits per heavy atom. The maximum atomic E-state index is 10.1. The molecule has 1 saturated carbocycles. The summed E-state index contributed by atoms with van der Waals surface area (Å²) in [5.41, 5.74) is 1.56. The van der Waals surface area contributed by atoms with Gasteiger partial charge < -0.3 is 20.4 Å². The van der Waals surface area contributed by atoms with E-state index in [1.54, 1.807) is 12.1 Å². The van der Waals surface area contributed by atoms with E-state index in [0.717, 1.165) is 24.0 Å². The van der Waals surface area contributed by atoms with Crippen LogP contribution in [0.15, 0.2) is 58.5 Å². The number of carbonyl (C=O) groups is 1. The first-order chi connectivity index (χ1) is 16.9. The van der Waals surface area contributed by atoms with E-state index in [2.05, 4.69) is 13.8 Å². The van der Waals surface area contributed by atoms with Gasteiger partial charge in [0.1, 0.15) is 11.5 Å². The molecule has 0 spiro atoms. The Balaban J connectivity index is 0.00000201. The quantitative estimate of drug-likeness (QED) is 0.160. The number of benzene rings is 2. The van der Waals surface area contributed by atoms with Crippen molar-refractivity contribution in [3.63, 3.8) is 0 Å². The number of phenols is 2. The van der Waals surface area contributed by atoms with E-state index in [-0.39, 0.29) is 53.2 Å². The fourth-order valence-corrected chi connectivity index (χ4v) is 4.55. The molecule has 0 heterocycles. The molecule has 2 atom stereocenters. The van der Waals surface area contributed by atoms with Crippen LogP contribution in [-0.4, -0.2) is 51.1 Å². The minimum atomic E-state index is -1.83. The predicted octanol–water partition coefficient (Wildman–Crippen LogP) is 7.39. The van der Waals surface area contributed by atoms with Gasteiger partial charge in [-0.15, -0.1) is 0 Å². The maximum Gasteiger partial charge on any atom is 0.503 e. The van der Waals surface area contributed by atoms with Crippen molar-refractivity contribution >= 4 is 18.6 Å². The van der Waals surface area contributed by atoms with E-state index in [9.17, 15) is 10.2 Å². The molecule has 0 amide bonds. The van der Waals surface area contributed by atoms with Crippen molar-refractivity contribution in [1.82, 2.24) is 0 Å². The Labute approximate surface area is 231 Å². The molecule has 1 fully saturated rings. The fourth-order valence-electron chi connectivity index (χ4n) is 4.55. The fraction of sp³-hybridized carbons (Fsp3) is 0.483. The molecular formula is C29H42CoN2O5. The van der Waals surface area contributed by atoms with Crippen molar-refractivity contribution in [1.29, 1.82) is 0 Å². The molecule has 2 aromatic carbocycles. The number of unbranched alkanes of at least 4 members (excludes halogenated alkanes) is 4. The van der Waals surface area contributed by atoms with E-state index in [0.29, 0.717) is 0 Å². The molecule has 37 heavy (non-hydrogen) atoms. The van der Waals surface area contributed by atoms with Gasteiger partial charge in [-0.1, -0.05) is 84.1 Å². The van der Waals surface area contributed by atoms with Crippen LogP contribution in [0.3, 0.4) is 0 Å². The number of rotatable bonds is 12. The Morgan fingerprint density at radius 3 is 1.46 bits per heavy atom.